The standard InChI is InChI=1S/C35H36F3N3O/c36-35(37,38)27-41(26-28-11-4-1-5-12-28)34(42)31-17-10-18-32(25-31)40-23-21-39(22-24-40)20-19-33(29-13-6-2-7-14-29)30-15-8-3-9-16-30/h1-18,25,33H,19-24,26-27H2. The fraction of sp³-hybridized carbons (Fsp3) is 0.286. The number of halogens is 3. The Morgan fingerprint density at radius 3 is 1.88 bits per heavy atom. The molecule has 0 N–H and O–H groups in total. The van der Waals surface area contributed by atoms with Crippen molar-refractivity contribution in [2.75, 3.05) is 44.2 Å². The molecule has 1 fully saturated rings. The van der Waals surface area contributed by atoms with Gasteiger partial charge < -0.3 is 9.80 Å². The number of nitrogens with zero attached hydrogens (tertiary/aromatic N) is 3. The third kappa shape index (κ3) is 8.01. The molecule has 0 aromatic heterocycles. The van der Waals surface area contributed by atoms with Crippen LogP contribution in [0.4, 0.5) is 18.9 Å². The van der Waals surface area contributed by atoms with Gasteiger partial charge in [-0.2, -0.15) is 13.2 Å². The second-order valence-corrected chi connectivity index (χ2v) is 10.8. The van der Waals surface area contributed by atoms with Crippen molar-refractivity contribution in [1.29, 1.82) is 0 Å². The van der Waals surface area contributed by atoms with Crippen LogP contribution in [-0.2, 0) is 6.54 Å². The highest BCUT2D eigenvalue weighted by molar-refractivity contribution is 5.95. The summed E-state index contributed by atoms with van der Waals surface area (Å²) in [7, 11) is 0. The van der Waals surface area contributed by atoms with Crippen molar-refractivity contribution in [2.24, 2.45) is 0 Å². The Morgan fingerprint density at radius 2 is 1.31 bits per heavy atom. The summed E-state index contributed by atoms with van der Waals surface area (Å²) in [5.74, 6) is -0.298. The van der Waals surface area contributed by atoms with Gasteiger partial charge in [0.25, 0.3) is 5.91 Å². The largest absolute Gasteiger partial charge is 0.406 e. The predicted octanol–water partition coefficient (Wildman–Crippen LogP) is 7.24. The smallest absolute Gasteiger partial charge is 0.369 e. The summed E-state index contributed by atoms with van der Waals surface area (Å²) in [6.45, 7) is 2.90. The van der Waals surface area contributed by atoms with Crippen molar-refractivity contribution < 1.29 is 18.0 Å². The van der Waals surface area contributed by atoms with E-state index in [9.17, 15) is 18.0 Å². The number of carbonyl (C=O) groups is 1. The average molecular weight is 572 g/mol. The van der Waals surface area contributed by atoms with Gasteiger partial charge in [-0.25, -0.2) is 0 Å². The van der Waals surface area contributed by atoms with Crippen molar-refractivity contribution in [3.63, 3.8) is 0 Å². The number of rotatable bonds is 10. The topological polar surface area (TPSA) is 26.8 Å². The molecule has 1 aliphatic rings. The van der Waals surface area contributed by atoms with E-state index in [1.54, 1.807) is 48.5 Å². The van der Waals surface area contributed by atoms with Crippen molar-refractivity contribution in [1.82, 2.24) is 9.80 Å². The molecule has 0 bridgehead atoms. The van der Waals surface area contributed by atoms with E-state index in [2.05, 4.69) is 58.3 Å². The lowest BCUT2D eigenvalue weighted by atomic mass is 9.88. The molecular weight excluding hydrogens is 535 g/mol. The highest BCUT2D eigenvalue weighted by Gasteiger charge is 2.33. The van der Waals surface area contributed by atoms with E-state index >= 15 is 0 Å². The first-order valence-corrected chi connectivity index (χ1v) is 14.4. The number of amides is 1. The SMILES string of the molecule is O=C(c1cccc(N2CCN(CCC(c3ccccc3)c3ccccc3)CC2)c1)N(Cc1ccccc1)CC(F)(F)F. The Morgan fingerprint density at radius 1 is 0.738 bits per heavy atom. The zero-order valence-electron chi connectivity index (χ0n) is 23.6. The molecule has 0 atom stereocenters. The molecule has 0 unspecified atom stereocenters. The molecule has 1 aliphatic heterocycles. The van der Waals surface area contributed by atoms with Crippen LogP contribution in [0.1, 0.15) is 39.4 Å². The van der Waals surface area contributed by atoms with Gasteiger partial charge in [-0.05, 0) is 47.9 Å². The molecule has 5 rings (SSSR count). The first kappa shape index (κ1) is 29.4. The third-order valence-corrected chi connectivity index (χ3v) is 7.84. The molecule has 1 heterocycles. The van der Waals surface area contributed by atoms with Crippen LogP contribution in [0.25, 0.3) is 0 Å². The highest BCUT2D eigenvalue weighted by atomic mass is 19.4. The Hall–Kier alpha value is -4.10. The number of carbonyl (C=O) groups excluding carboxylic acids is 1. The lowest BCUT2D eigenvalue weighted by Crippen LogP contribution is -2.47. The number of benzene rings is 4. The van der Waals surface area contributed by atoms with Gasteiger partial charge in [0.2, 0.25) is 0 Å². The summed E-state index contributed by atoms with van der Waals surface area (Å²) in [4.78, 5) is 18.9. The summed E-state index contributed by atoms with van der Waals surface area (Å²) in [5.41, 5.74) is 4.41. The van der Waals surface area contributed by atoms with Crippen molar-refractivity contribution in [2.45, 2.75) is 25.1 Å². The van der Waals surface area contributed by atoms with Crippen molar-refractivity contribution in [3.05, 3.63) is 138 Å². The van der Waals surface area contributed by atoms with Crippen LogP contribution in [0.2, 0.25) is 0 Å². The Kier molecular flexibility index (Phi) is 9.59. The summed E-state index contributed by atoms with van der Waals surface area (Å²) >= 11 is 0. The van der Waals surface area contributed by atoms with E-state index in [-0.39, 0.29) is 12.1 Å². The molecule has 7 heteroatoms. The number of hydrogen-bond acceptors (Lipinski definition) is 3. The first-order chi connectivity index (χ1) is 20.4. The molecular formula is C35H36F3N3O. The van der Waals surface area contributed by atoms with Crippen LogP contribution in [0.5, 0.6) is 0 Å². The van der Waals surface area contributed by atoms with E-state index in [0.29, 0.717) is 11.5 Å². The molecule has 0 aliphatic carbocycles. The molecule has 4 nitrogen and oxygen atoms in total. The normalized spacial score (nSPS) is 14.2. The van der Waals surface area contributed by atoms with Crippen LogP contribution in [0.15, 0.2) is 115 Å². The lowest BCUT2D eigenvalue weighted by Gasteiger charge is -2.37. The van der Waals surface area contributed by atoms with Gasteiger partial charge in [-0.15, -0.1) is 0 Å². The Labute approximate surface area is 246 Å². The summed E-state index contributed by atoms with van der Waals surface area (Å²) in [6.07, 6.45) is -3.48. The number of hydrogen-bond donors (Lipinski definition) is 0. The van der Waals surface area contributed by atoms with Crippen LogP contribution < -0.4 is 4.90 Å². The van der Waals surface area contributed by atoms with E-state index in [1.165, 1.54) is 11.1 Å². The fourth-order valence-electron chi connectivity index (χ4n) is 5.68. The first-order valence-electron chi connectivity index (χ1n) is 14.4. The minimum absolute atomic E-state index is 0.102. The number of alkyl halides is 3. The van der Waals surface area contributed by atoms with Gasteiger partial charge in [0, 0.05) is 49.9 Å². The van der Waals surface area contributed by atoms with Gasteiger partial charge in [-0.1, -0.05) is 97.1 Å². The summed E-state index contributed by atoms with van der Waals surface area (Å²) in [5, 5.41) is 0. The van der Waals surface area contributed by atoms with Crippen LogP contribution in [-0.4, -0.2) is 61.2 Å². The van der Waals surface area contributed by atoms with Crippen LogP contribution in [0, 0.1) is 0 Å². The minimum Gasteiger partial charge on any atom is -0.369 e. The van der Waals surface area contributed by atoms with Gasteiger partial charge in [0.15, 0.2) is 0 Å². The Bertz CT molecular complexity index is 1370. The zero-order chi connectivity index (χ0) is 29.4. The minimum atomic E-state index is -4.49. The molecule has 4 aromatic rings. The second-order valence-electron chi connectivity index (χ2n) is 10.8. The molecule has 0 radical (unpaired) electrons. The van der Waals surface area contributed by atoms with Gasteiger partial charge >= 0.3 is 6.18 Å². The fourth-order valence-corrected chi connectivity index (χ4v) is 5.68. The average Bonchev–Trinajstić information content (AvgIpc) is 3.02. The van der Waals surface area contributed by atoms with Crippen molar-refractivity contribution >= 4 is 11.6 Å². The Balaban J connectivity index is 1.21. The molecule has 1 amide bonds. The third-order valence-electron chi connectivity index (χ3n) is 7.84. The maximum atomic E-state index is 13.4. The quantitative estimate of drug-likeness (QED) is 0.201. The lowest BCUT2D eigenvalue weighted by molar-refractivity contribution is -0.141. The maximum Gasteiger partial charge on any atom is 0.406 e. The predicted molar refractivity (Wildman–Crippen MR) is 162 cm³/mol. The van der Waals surface area contributed by atoms with Gasteiger partial charge in [0.05, 0.1) is 0 Å². The second kappa shape index (κ2) is 13.7. The van der Waals surface area contributed by atoms with Gasteiger partial charge in [-0.3, -0.25) is 9.69 Å². The molecule has 0 saturated carbocycles. The molecule has 218 valence electrons. The van der Waals surface area contributed by atoms with E-state index in [0.717, 1.165) is 49.7 Å². The number of anilines is 1. The molecule has 0 spiro atoms. The van der Waals surface area contributed by atoms with Crippen LogP contribution >= 0.6 is 0 Å². The highest BCUT2D eigenvalue weighted by Crippen LogP contribution is 2.29. The zero-order valence-corrected chi connectivity index (χ0v) is 23.6. The van der Waals surface area contributed by atoms with E-state index in [1.807, 2.05) is 18.2 Å². The van der Waals surface area contributed by atoms with Crippen LogP contribution in [0.3, 0.4) is 0 Å². The number of piperazine rings is 1. The summed E-state index contributed by atoms with van der Waals surface area (Å²) < 4.78 is 40.2. The van der Waals surface area contributed by atoms with Crippen molar-refractivity contribution in [3.8, 4) is 0 Å². The maximum absolute atomic E-state index is 13.4. The van der Waals surface area contributed by atoms with E-state index in [4.69, 9.17) is 0 Å². The summed E-state index contributed by atoms with van der Waals surface area (Å²) in [6, 6.07) is 37.0. The monoisotopic (exact) mass is 571 g/mol. The molecule has 1 saturated heterocycles. The van der Waals surface area contributed by atoms with Gasteiger partial charge in [0.1, 0.15) is 6.54 Å². The molecule has 42 heavy (non-hydrogen) atoms. The molecule has 4 aromatic carbocycles. The van der Waals surface area contributed by atoms with E-state index < -0.39 is 18.6 Å².